The number of hydrogen-bond acceptors (Lipinski definition) is 5. The lowest BCUT2D eigenvalue weighted by molar-refractivity contribution is -0.384. The molecule has 1 heterocycles. The molecule has 0 unspecified atom stereocenters. The summed E-state index contributed by atoms with van der Waals surface area (Å²) >= 11 is 0. The van der Waals surface area contributed by atoms with Crippen LogP contribution in [-0.4, -0.2) is 37.3 Å². The van der Waals surface area contributed by atoms with Crippen molar-refractivity contribution in [3.05, 3.63) is 33.9 Å². The quantitative estimate of drug-likeness (QED) is 0.494. The van der Waals surface area contributed by atoms with Gasteiger partial charge in [-0.1, -0.05) is 6.07 Å². The first-order chi connectivity index (χ1) is 10.1. The molecular formula is C15H23N3O3. The third kappa shape index (κ3) is 4.15. The van der Waals surface area contributed by atoms with Gasteiger partial charge in [0.25, 0.3) is 5.69 Å². The molecule has 1 aromatic rings. The predicted octanol–water partition coefficient (Wildman–Crippen LogP) is 2.24. The Balaban J connectivity index is 1.97. The van der Waals surface area contributed by atoms with Crippen LogP contribution < -0.4 is 10.6 Å². The lowest BCUT2D eigenvalue weighted by atomic mass is 10.1. The van der Waals surface area contributed by atoms with E-state index in [0.29, 0.717) is 18.8 Å². The summed E-state index contributed by atoms with van der Waals surface area (Å²) in [5.74, 6) is 0. The first kappa shape index (κ1) is 15.7. The Bertz CT molecular complexity index is 485. The second-order valence-corrected chi connectivity index (χ2v) is 5.45. The van der Waals surface area contributed by atoms with E-state index in [2.05, 4.69) is 4.90 Å². The molecule has 1 fully saturated rings. The smallest absolute Gasteiger partial charge is 0.292 e. The molecule has 1 aromatic carbocycles. The summed E-state index contributed by atoms with van der Waals surface area (Å²) in [5, 5.41) is 11.2. The highest BCUT2D eigenvalue weighted by atomic mass is 16.6. The highest BCUT2D eigenvalue weighted by Gasteiger charge is 2.25. The van der Waals surface area contributed by atoms with Crippen LogP contribution in [0.3, 0.4) is 0 Å². The molecule has 0 atom stereocenters. The first-order valence-corrected chi connectivity index (χ1v) is 7.43. The van der Waals surface area contributed by atoms with Gasteiger partial charge in [-0.3, -0.25) is 10.1 Å². The Labute approximate surface area is 125 Å². The Morgan fingerprint density at radius 3 is 2.76 bits per heavy atom. The fraction of sp³-hybridized carbons (Fsp3) is 0.600. The van der Waals surface area contributed by atoms with Crippen molar-refractivity contribution in [1.82, 2.24) is 0 Å². The highest BCUT2D eigenvalue weighted by molar-refractivity contribution is 5.64. The number of benzene rings is 1. The third-order valence-electron chi connectivity index (χ3n) is 3.81. The molecule has 2 rings (SSSR count). The van der Waals surface area contributed by atoms with Gasteiger partial charge < -0.3 is 15.4 Å². The number of aryl methyl sites for hydroxylation is 1. The number of piperidine rings is 1. The van der Waals surface area contributed by atoms with Crippen LogP contribution in [0.5, 0.6) is 0 Å². The zero-order valence-electron chi connectivity index (χ0n) is 12.5. The molecule has 116 valence electrons. The van der Waals surface area contributed by atoms with Gasteiger partial charge in [-0.15, -0.1) is 0 Å². The van der Waals surface area contributed by atoms with E-state index in [9.17, 15) is 10.1 Å². The van der Waals surface area contributed by atoms with E-state index < -0.39 is 0 Å². The lowest BCUT2D eigenvalue weighted by Gasteiger charge is -2.33. The molecule has 0 aromatic heterocycles. The van der Waals surface area contributed by atoms with Gasteiger partial charge in [-0.05, 0) is 44.4 Å². The number of anilines is 1. The number of nitrogens with two attached hydrogens (primary N) is 1. The summed E-state index contributed by atoms with van der Waals surface area (Å²) in [4.78, 5) is 13.0. The van der Waals surface area contributed by atoms with Crippen LogP contribution >= 0.6 is 0 Å². The van der Waals surface area contributed by atoms with Crippen molar-refractivity contribution < 1.29 is 9.66 Å². The monoisotopic (exact) mass is 293 g/mol. The third-order valence-corrected chi connectivity index (χ3v) is 3.81. The Morgan fingerprint density at radius 1 is 1.43 bits per heavy atom. The lowest BCUT2D eigenvalue weighted by Crippen LogP contribution is -2.37. The molecule has 0 bridgehead atoms. The maximum atomic E-state index is 11.2. The fourth-order valence-corrected chi connectivity index (χ4v) is 2.64. The van der Waals surface area contributed by atoms with Gasteiger partial charge in [0.15, 0.2) is 0 Å². The molecule has 0 amide bonds. The van der Waals surface area contributed by atoms with Crippen molar-refractivity contribution in [3.63, 3.8) is 0 Å². The topological polar surface area (TPSA) is 81.6 Å². The van der Waals surface area contributed by atoms with Crippen LogP contribution in [0.2, 0.25) is 0 Å². The normalized spacial score (nSPS) is 16.2. The summed E-state index contributed by atoms with van der Waals surface area (Å²) in [5.41, 5.74) is 7.26. The Morgan fingerprint density at radius 2 is 2.14 bits per heavy atom. The van der Waals surface area contributed by atoms with E-state index in [1.54, 1.807) is 6.07 Å². The minimum Gasteiger partial charge on any atom is -0.378 e. The molecule has 6 nitrogen and oxygen atoms in total. The average molecular weight is 293 g/mol. The maximum Gasteiger partial charge on any atom is 0.292 e. The van der Waals surface area contributed by atoms with Crippen LogP contribution in [0.4, 0.5) is 11.4 Å². The molecule has 0 radical (unpaired) electrons. The van der Waals surface area contributed by atoms with Crippen LogP contribution in [0, 0.1) is 17.0 Å². The van der Waals surface area contributed by atoms with Crippen molar-refractivity contribution in [3.8, 4) is 0 Å². The SMILES string of the molecule is Cc1ccc(N2CCC(OCCCN)CC2)c([N+](=O)[O-])c1. The summed E-state index contributed by atoms with van der Waals surface area (Å²) in [6.07, 6.45) is 2.92. The Kier molecular flexibility index (Phi) is 5.52. The summed E-state index contributed by atoms with van der Waals surface area (Å²) in [6, 6.07) is 5.41. The van der Waals surface area contributed by atoms with Crippen LogP contribution in [0.1, 0.15) is 24.8 Å². The molecule has 0 saturated carbocycles. The zero-order valence-corrected chi connectivity index (χ0v) is 12.5. The number of nitro groups is 1. The van der Waals surface area contributed by atoms with E-state index >= 15 is 0 Å². The van der Waals surface area contributed by atoms with E-state index in [4.69, 9.17) is 10.5 Å². The molecule has 0 aliphatic carbocycles. The predicted molar refractivity (Wildman–Crippen MR) is 82.7 cm³/mol. The van der Waals surface area contributed by atoms with Gasteiger partial charge in [0.1, 0.15) is 5.69 Å². The number of nitrogens with zero attached hydrogens (tertiary/aromatic N) is 2. The fourth-order valence-electron chi connectivity index (χ4n) is 2.64. The second-order valence-electron chi connectivity index (χ2n) is 5.45. The van der Waals surface area contributed by atoms with E-state index in [-0.39, 0.29) is 16.7 Å². The number of nitro benzene ring substituents is 1. The summed E-state index contributed by atoms with van der Waals surface area (Å²) in [6.45, 7) is 4.79. The van der Waals surface area contributed by atoms with Gasteiger partial charge in [-0.2, -0.15) is 0 Å². The van der Waals surface area contributed by atoms with Gasteiger partial charge in [0, 0.05) is 25.8 Å². The largest absolute Gasteiger partial charge is 0.378 e. The molecule has 6 heteroatoms. The molecule has 2 N–H and O–H groups in total. The second kappa shape index (κ2) is 7.38. The summed E-state index contributed by atoms with van der Waals surface area (Å²) < 4.78 is 5.76. The minimum absolute atomic E-state index is 0.192. The number of hydrogen-bond donors (Lipinski definition) is 1. The van der Waals surface area contributed by atoms with E-state index in [1.165, 1.54) is 0 Å². The summed E-state index contributed by atoms with van der Waals surface area (Å²) in [7, 11) is 0. The molecule has 1 aliphatic heterocycles. The Hall–Kier alpha value is -1.66. The number of ether oxygens (including phenoxy) is 1. The van der Waals surface area contributed by atoms with Gasteiger partial charge in [0.2, 0.25) is 0 Å². The van der Waals surface area contributed by atoms with Gasteiger partial charge in [-0.25, -0.2) is 0 Å². The highest BCUT2D eigenvalue weighted by Crippen LogP contribution is 2.31. The van der Waals surface area contributed by atoms with Crippen LogP contribution in [0.25, 0.3) is 0 Å². The maximum absolute atomic E-state index is 11.2. The molecular weight excluding hydrogens is 270 g/mol. The van der Waals surface area contributed by atoms with Gasteiger partial charge in [0.05, 0.1) is 11.0 Å². The molecule has 1 aliphatic rings. The van der Waals surface area contributed by atoms with Crippen molar-refractivity contribution in [1.29, 1.82) is 0 Å². The standard InChI is InChI=1S/C15H23N3O3/c1-12-3-4-14(15(11-12)18(19)20)17-8-5-13(6-9-17)21-10-2-7-16/h3-4,11,13H,2,5-10,16H2,1H3. The van der Waals surface area contributed by atoms with Crippen molar-refractivity contribution in [2.75, 3.05) is 31.1 Å². The molecule has 0 spiro atoms. The van der Waals surface area contributed by atoms with E-state index in [0.717, 1.165) is 37.9 Å². The van der Waals surface area contributed by atoms with Gasteiger partial charge >= 0.3 is 0 Å². The zero-order chi connectivity index (χ0) is 15.2. The van der Waals surface area contributed by atoms with Crippen LogP contribution in [0.15, 0.2) is 18.2 Å². The first-order valence-electron chi connectivity index (χ1n) is 7.43. The minimum atomic E-state index is -0.299. The number of rotatable bonds is 6. The van der Waals surface area contributed by atoms with Crippen molar-refractivity contribution in [2.45, 2.75) is 32.3 Å². The van der Waals surface area contributed by atoms with Crippen LogP contribution in [-0.2, 0) is 4.74 Å². The average Bonchev–Trinajstić information content (AvgIpc) is 2.48. The van der Waals surface area contributed by atoms with E-state index in [1.807, 2.05) is 19.1 Å². The van der Waals surface area contributed by atoms with Crippen molar-refractivity contribution >= 4 is 11.4 Å². The molecule has 21 heavy (non-hydrogen) atoms. The van der Waals surface area contributed by atoms with Crippen molar-refractivity contribution in [2.24, 2.45) is 5.73 Å². The molecule has 1 saturated heterocycles.